The molecule has 0 N–H and O–H groups in total. The predicted octanol–water partition coefficient (Wildman–Crippen LogP) is 4.57. The van der Waals surface area contributed by atoms with Crippen LogP contribution in [0.25, 0.3) is 11.1 Å². The zero-order chi connectivity index (χ0) is 16.2. The maximum atomic E-state index is 13.1. The summed E-state index contributed by atoms with van der Waals surface area (Å²) in [5.74, 6) is 0.166. The molecule has 0 atom stereocenters. The van der Waals surface area contributed by atoms with Gasteiger partial charge in [-0.3, -0.25) is 4.79 Å². The predicted molar refractivity (Wildman–Crippen MR) is 82.3 cm³/mol. The minimum absolute atomic E-state index is 0.0969. The van der Waals surface area contributed by atoms with Crippen molar-refractivity contribution < 1.29 is 23.0 Å². The zero-order valence-corrected chi connectivity index (χ0v) is 12.8. The first kappa shape index (κ1) is 16.3. The van der Waals surface area contributed by atoms with Gasteiger partial charge >= 0.3 is 11.4 Å². The average molecular weight is 324 g/mol. The second kappa shape index (κ2) is 6.79. The Hall–Kier alpha value is -2.08. The van der Waals surface area contributed by atoms with E-state index in [4.69, 9.17) is 4.74 Å². The molecule has 2 aromatic rings. The molecule has 3 nitrogen and oxygen atoms in total. The standard InChI is InChI=1S/C16H14F2O3S/c1-11(19)20-14-7-3-12(4-8-14)13-5-9-15(10-6-13)21-16(17,18)22-2/h3-10H,1-2H3. The first-order chi connectivity index (χ1) is 10.4. The highest BCUT2D eigenvalue weighted by molar-refractivity contribution is 7.99. The highest BCUT2D eigenvalue weighted by atomic mass is 32.2. The van der Waals surface area contributed by atoms with Gasteiger partial charge in [-0.2, -0.15) is 8.78 Å². The summed E-state index contributed by atoms with van der Waals surface area (Å²) in [5, 5.41) is 0. The van der Waals surface area contributed by atoms with Crippen molar-refractivity contribution in [1.82, 2.24) is 0 Å². The number of carbonyl (C=O) groups is 1. The van der Waals surface area contributed by atoms with E-state index in [-0.39, 0.29) is 11.7 Å². The van der Waals surface area contributed by atoms with Crippen molar-refractivity contribution >= 4 is 17.7 Å². The van der Waals surface area contributed by atoms with Crippen LogP contribution in [0.4, 0.5) is 8.78 Å². The second-order valence-electron chi connectivity index (χ2n) is 4.41. The molecule has 2 rings (SSSR count). The van der Waals surface area contributed by atoms with Crippen molar-refractivity contribution in [1.29, 1.82) is 0 Å². The van der Waals surface area contributed by atoms with Gasteiger partial charge in [-0.25, -0.2) is 0 Å². The number of thioether (sulfide) groups is 1. The number of alkyl halides is 2. The highest BCUT2D eigenvalue weighted by Crippen LogP contribution is 2.31. The molecular formula is C16H14F2O3S. The fourth-order valence-corrected chi connectivity index (χ4v) is 1.96. The van der Waals surface area contributed by atoms with Crippen molar-refractivity contribution in [3.63, 3.8) is 0 Å². The molecule has 0 saturated carbocycles. The SMILES string of the molecule is CSC(F)(F)Oc1ccc(-c2ccc(OC(C)=O)cc2)cc1. The van der Waals surface area contributed by atoms with E-state index in [0.29, 0.717) is 17.5 Å². The number of hydrogen-bond donors (Lipinski definition) is 0. The minimum atomic E-state index is -3.24. The smallest absolute Gasteiger partial charge is 0.427 e. The molecule has 0 spiro atoms. The van der Waals surface area contributed by atoms with Gasteiger partial charge < -0.3 is 9.47 Å². The summed E-state index contributed by atoms with van der Waals surface area (Å²) in [7, 11) is 0. The molecule has 116 valence electrons. The Morgan fingerprint density at radius 2 is 1.41 bits per heavy atom. The molecule has 0 aliphatic rings. The van der Waals surface area contributed by atoms with E-state index >= 15 is 0 Å². The van der Waals surface area contributed by atoms with E-state index in [2.05, 4.69) is 4.74 Å². The van der Waals surface area contributed by atoms with Gasteiger partial charge in [-0.1, -0.05) is 24.3 Å². The molecule has 0 bridgehead atoms. The Labute approximate surface area is 131 Å². The molecular weight excluding hydrogens is 310 g/mol. The number of esters is 1. The van der Waals surface area contributed by atoms with Crippen molar-refractivity contribution in [2.45, 2.75) is 12.4 Å². The quantitative estimate of drug-likeness (QED) is 0.458. The summed E-state index contributed by atoms with van der Waals surface area (Å²) in [6, 6.07) is 13.2. The number of ether oxygens (including phenoxy) is 2. The van der Waals surface area contributed by atoms with Crippen molar-refractivity contribution in [2.24, 2.45) is 0 Å². The van der Waals surface area contributed by atoms with Crippen molar-refractivity contribution in [3.05, 3.63) is 48.5 Å². The third-order valence-electron chi connectivity index (χ3n) is 2.78. The number of carbonyl (C=O) groups excluding carboxylic acids is 1. The van der Waals surface area contributed by atoms with E-state index in [1.165, 1.54) is 25.3 Å². The van der Waals surface area contributed by atoms with Crippen molar-refractivity contribution in [2.75, 3.05) is 6.26 Å². The number of rotatable bonds is 5. The number of halogens is 2. The second-order valence-corrected chi connectivity index (χ2v) is 5.30. The van der Waals surface area contributed by atoms with Gasteiger partial charge in [0.25, 0.3) is 0 Å². The Morgan fingerprint density at radius 3 is 1.82 bits per heavy atom. The van der Waals surface area contributed by atoms with E-state index in [0.717, 1.165) is 11.1 Å². The lowest BCUT2D eigenvalue weighted by molar-refractivity contribution is -0.131. The van der Waals surface area contributed by atoms with Crippen LogP contribution in [0.3, 0.4) is 0 Å². The lowest BCUT2D eigenvalue weighted by atomic mass is 10.1. The first-order valence-corrected chi connectivity index (χ1v) is 7.63. The average Bonchev–Trinajstić information content (AvgIpc) is 2.48. The molecule has 0 fully saturated rings. The molecule has 22 heavy (non-hydrogen) atoms. The summed E-state index contributed by atoms with van der Waals surface area (Å²) in [4.78, 5) is 10.8. The molecule has 0 aliphatic carbocycles. The maximum absolute atomic E-state index is 13.1. The lowest BCUT2D eigenvalue weighted by Crippen LogP contribution is -2.18. The molecule has 0 amide bonds. The van der Waals surface area contributed by atoms with Gasteiger partial charge in [0.15, 0.2) is 0 Å². The monoisotopic (exact) mass is 324 g/mol. The van der Waals surface area contributed by atoms with Crippen LogP contribution in [0, 0.1) is 0 Å². The maximum Gasteiger partial charge on any atom is 0.452 e. The molecule has 0 unspecified atom stereocenters. The normalized spacial score (nSPS) is 11.1. The van der Waals surface area contributed by atoms with Crippen LogP contribution in [0.2, 0.25) is 0 Å². The van der Waals surface area contributed by atoms with E-state index < -0.39 is 5.44 Å². The number of hydrogen-bond acceptors (Lipinski definition) is 4. The van der Waals surface area contributed by atoms with E-state index in [9.17, 15) is 13.6 Å². The molecule has 0 heterocycles. The van der Waals surface area contributed by atoms with E-state index in [1.807, 2.05) is 0 Å². The summed E-state index contributed by atoms with van der Waals surface area (Å²) in [6.07, 6.45) is 1.28. The molecule has 0 saturated heterocycles. The van der Waals surface area contributed by atoms with Crippen LogP contribution < -0.4 is 9.47 Å². The Kier molecular flexibility index (Phi) is 5.03. The first-order valence-electron chi connectivity index (χ1n) is 6.40. The van der Waals surface area contributed by atoms with Crippen LogP contribution in [-0.2, 0) is 4.79 Å². The highest BCUT2D eigenvalue weighted by Gasteiger charge is 2.30. The third kappa shape index (κ3) is 4.46. The van der Waals surface area contributed by atoms with Crippen LogP contribution >= 0.6 is 11.8 Å². The van der Waals surface area contributed by atoms with Crippen LogP contribution in [0.1, 0.15) is 6.92 Å². The summed E-state index contributed by atoms with van der Waals surface area (Å²) in [5.41, 5.74) is -1.53. The largest absolute Gasteiger partial charge is 0.452 e. The summed E-state index contributed by atoms with van der Waals surface area (Å²) < 4.78 is 35.7. The number of benzene rings is 2. The zero-order valence-electron chi connectivity index (χ0n) is 12.0. The minimum Gasteiger partial charge on any atom is -0.427 e. The molecule has 0 aliphatic heterocycles. The Balaban J connectivity index is 2.11. The lowest BCUT2D eigenvalue weighted by Gasteiger charge is -2.15. The van der Waals surface area contributed by atoms with Gasteiger partial charge in [0.05, 0.1) is 0 Å². The van der Waals surface area contributed by atoms with E-state index in [1.54, 1.807) is 36.4 Å². The van der Waals surface area contributed by atoms with Crippen LogP contribution in [0.5, 0.6) is 11.5 Å². The van der Waals surface area contributed by atoms with Gasteiger partial charge in [-0.15, -0.1) is 0 Å². The van der Waals surface area contributed by atoms with Gasteiger partial charge in [-0.05, 0) is 53.4 Å². The topological polar surface area (TPSA) is 35.5 Å². The molecule has 0 aromatic heterocycles. The van der Waals surface area contributed by atoms with Crippen LogP contribution in [0.15, 0.2) is 48.5 Å². The molecule has 2 aromatic carbocycles. The fourth-order valence-electron chi connectivity index (χ4n) is 1.78. The Morgan fingerprint density at radius 1 is 0.955 bits per heavy atom. The molecule has 0 radical (unpaired) electrons. The summed E-state index contributed by atoms with van der Waals surface area (Å²) in [6.45, 7) is 1.33. The van der Waals surface area contributed by atoms with Gasteiger partial charge in [0, 0.05) is 6.92 Å². The Bertz CT molecular complexity index is 639. The molecule has 6 heteroatoms. The summed E-state index contributed by atoms with van der Waals surface area (Å²) >= 11 is 0.332. The fraction of sp³-hybridized carbons (Fsp3) is 0.188. The van der Waals surface area contributed by atoms with Crippen molar-refractivity contribution in [3.8, 4) is 22.6 Å². The van der Waals surface area contributed by atoms with Gasteiger partial charge in [0.1, 0.15) is 11.5 Å². The van der Waals surface area contributed by atoms with Gasteiger partial charge in [0.2, 0.25) is 0 Å². The third-order valence-corrected chi connectivity index (χ3v) is 3.34. The van der Waals surface area contributed by atoms with Crippen LogP contribution in [-0.4, -0.2) is 17.7 Å².